The van der Waals surface area contributed by atoms with Gasteiger partial charge >= 0.3 is 0 Å². The van der Waals surface area contributed by atoms with Gasteiger partial charge in [-0.2, -0.15) is 0 Å². The molecule has 124 valence electrons. The molecule has 0 aliphatic heterocycles. The fraction of sp³-hybridized carbons (Fsp3) is 0.263. The van der Waals surface area contributed by atoms with E-state index in [-0.39, 0.29) is 11.8 Å². The number of nitrogens with one attached hydrogen (secondary N) is 1. The molecule has 0 aliphatic carbocycles. The number of carbonyl (C=O) groups is 1. The Morgan fingerprint density at radius 2 is 2.08 bits per heavy atom. The summed E-state index contributed by atoms with van der Waals surface area (Å²) in [6.45, 7) is 3.24. The fourth-order valence-electron chi connectivity index (χ4n) is 2.77. The Labute approximate surface area is 141 Å². The first-order valence-corrected chi connectivity index (χ1v) is 8.07. The Kier molecular flexibility index (Phi) is 5.11. The normalized spacial score (nSPS) is 12.0. The summed E-state index contributed by atoms with van der Waals surface area (Å²) in [4.78, 5) is 16.5. The number of hydrogen-bond donors (Lipinski definition) is 1. The third kappa shape index (κ3) is 3.93. The van der Waals surface area contributed by atoms with Gasteiger partial charge in [-0.15, -0.1) is 0 Å². The first-order valence-electron chi connectivity index (χ1n) is 8.07. The number of aryl methyl sites for hydroxylation is 1. The number of hydrogen-bond acceptors (Lipinski definition) is 3. The van der Waals surface area contributed by atoms with Gasteiger partial charge in [-0.1, -0.05) is 30.3 Å². The number of furan rings is 1. The molecule has 5 nitrogen and oxygen atoms in total. The number of aromatic nitrogens is 2. The van der Waals surface area contributed by atoms with Crippen molar-refractivity contribution in [3.05, 3.63) is 78.3 Å². The summed E-state index contributed by atoms with van der Waals surface area (Å²) >= 11 is 0. The van der Waals surface area contributed by atoms with Gasteiger partial charge in [0.1, 0.15) is 11.6 Å². The largest absolute Gasteiger partial charge is 0.469 e. The van der Waals surface area contributed by atoms with Gasteiger partial charge in [-0.05, 0) is 24.6 Å². The highest BCUT2D eigenvalue weighted by molar-refractivity contribution is 5.77. The SMILES string of the molecule is Cc1nccn1CCNC(=O)C[C@@H](c1ccccc1)c1ccco1. The molecule has 0 spiro atoms. The number of benzene rings is 1. The Hall–Kier alpha value is -2.82. The van der Waals surface area contributed by atoms with Crippen molar-refractivity contribution in [3.63, 3.8) is 0 Å². The van der Waals surface area contributed by atoms with Crippen molar-refractivity contribution in [2.24, 2.45) is 0 Å². The van der Waals surface area contributed by atoms with Crippen LogP contribution in [0.25, 0.3) is 0 Å². The summed E-state index contributed by atoms with van der Waals surface area (Å²) in [7, 11) is 0. The van der Waals surface area contributed by atoms with Gasteiger partial charge in [0.15, 0.2) is 0 Å². The summed E-state index contributed by atoms with van der Waals surface area (Å²) < 4.78 is 7.55. The fourth-order valence-corrected chi connectivity index (χ4v) is 2.77. The average Bonchev–Trinajstić information content (AvgIpc) is 3.26. The number of nitrogens with zero attached hydrogens (tertiary/aromatic N) is 2. The van der Waals surface area contributed by atoms with Crippen molar-refractivity contribution in [2.75, 3.05) is 6.54 Å². The van der Waals surface area contributed by atoms with Crippen molar-refractivity contribution < 1.29 is 9.21 Å². The third-order valence-corrected chi connectivity index (χ3v) is 4.08. The molecule has 0 aliphatic rings. The summed E-state index contributed by atoms with van der Waals surface area (Å²) in [6, 6.07) is 13.7. The van der Waals surface area contributed by atoms with E-state index in [0.717, 1.165) is 17.1 Å². The van der Waals surface area contributed by atoms with Gasteiger partial charge in [0.25, 0.3) is 0 Å². The third-order valence-electron chi connectivity index (χ3n) is 4.08. The molecule has 2 aromatic heterocycles. The van der Waals surface area contributed by atoms with Crippen LogP contribution in [-0.2, 0) is 11.3 Å². The first-order chi connectivity index (χ1) is 11.7. The molecule has 3 aromatic rings. The van der Waals surface area contributed by atoms with E-state index in [1.807, 2.05) is 60.2 Å². The molecule has 0 fully saturated rings. The molecule has 0 saturated heterocycles. The van der Waals surface area contributed by atoms with Crippen molar-refractivity contribution in [3.8, 4) is 0 Å². The van der Waals surface area contributed by atoms with Crippen molar-refractivity contribution in [1.29, 1.82) is 0 Å². The van der Waals surface area contributed by atoms with Crippen LogP contribution in [-0.4, -0.2) is 22.0 Å². The van der Waals surface area contributed by atoms with Gasteiger partial charge < -0.3 is 14.3 Å². The lowest BCUT2D eigenvalue weighted by molar-refractivity contribution is -0.121. The lowest BCUT2D eigenvalue weighted by atomic mass is 9.93. The molecule has 0 radical (unpaired) electrons. The smallest absolute Gasteiger partial charge is 0.221 e. The minimum Gasteiger partial charge on any atom is -0.469 e. The van der Waals surface area contributed by atoms with E-state index in [2.05, 4.69) is 10.3 Å². The molecule has 1 amide bonds. The van der Waals surface area contributed by atoms with Gasteiger partial charge in [-0.3, -0.25) is 4.79 Å². The summed E-state index contributed by atoms with van der Waals surface area (Å²) in [5.41, 5.74) is 1.08. The van der Waals surface area contributed by atoms with Crippen molar-refractivity contribution >= 4 is 5.91 Å². The lowest BCUT2D eigenvalue weighted by Crippen LogP contribution is -2.28. The van der Waals surface area contributed by atoms with Crippen LogP contribution in [0.1, 0.15) is 29.5 Å². The standard InChI is InChI=1S/C19H21N3O2/c1-15-20-9-11-22(15)12-10-21-19(23)14-17(18-8-5-13-24-18)16-6-3-2-4-7-16/h2-9,11,13,17H,10,12,14H2,1H3,(H,21,23)/t17-/m0/s1. The maximum absolute atomic E-state index is 12.4. The Bertz CT molecular complexity index is 763. The number of rotatable bonds is 7. The van der Waals surface area contributed by atoms with E-state index in [9.17, 15) is 4.79 Å². The molecule has 3 rings (SSSR count). The zero-order valence-electron chi connectivity index (χ0n) is 13.7. The van der Waals surface area contributed by atoms with Crippen LogP contribution in [0.15, 0.2) is 65.5 Å². The summed E-state index contributed by atoms with van der Waals surface area (Å²) in [6.07, 6.45) is 5.68. The number of imidazole rings is 1. The maximum Gasteiger partial charge on any atom is 0.221 e. The highest BCUT2D eigenvalue weighted by Gasteiger charge is 2.20. The molecule has 1 aromatic carbocycles. The van der Waals surface area contributed by atoms with Crippen LogP contribution in [0.5, 0.6) is 0 Å². The molecular weight excluding hydrogens is 302 g/mol. The van der Waals surface area contributed by atoms with Crippen molar-refractivity contribution in [2.45, 2.75) is 25.8 Å². The zero-order valence-corrected chi connectivity index (χ0v) is 13.7. The Morgan fingerprint density at radius 3 is 2.75 bits per heavy atom. The molecule has 2 heterocycles. The van der Waals surface area contributed by atoms with Crippen LogP contribution in [0.4, 0.5) is 0 Å². The highest BCUT2D eigenvalue weighted by Crippen LogP contribution is 2.28. The van der Waals surface area contributed by atoms with E-state index in [1.165, 1.54) is 0 Å². The van der Waals surface area contributed by atoms with E-state index < -0.39 is 0 Å². The highest BCUT2D eigenvalue weighted by atomic mass is 16.3. The second-order valence-electron chi connectivity index (χ2n) is 5.70. The molecule has 0 unspecified atom stereocenters. The predicted molar refractivity (Wildman–Crippen MR) is 91.6 cm³/mol. The minimum atomic E-state index is -0.0730. The Morgan fingerprint density at radius 1 is 1.25 bits per heavy atom. The monoisotopic (exact) mass is 323 g/mol. The maximum atomic E-state index is 12.4. The Balaban J connectivity index is 1.60. The first kappa shape index (κ1) is 16.1. The summed E-state index contributed by atoms with van der Waals surface area (Å²) in [5, 5.41) is 2.98. The second kappa shape index (κ2) is 7.64. The van der Waals surface area contributed by atoms with E-state index >= 15 is 0 Å². The quantitative estimate of drug-likeness (QED) is 0.727. The van der Waals surface area contributed by atoms with Crippen LogP contribution < -0.4 is 5.32 Å². The molecule has 0 saturated carbocycles. The number of carbonyl (C=O) groups excluding carboxylic acids is 1. The van der Waals surface area contributed by atoms with E-state index in [1.54, 1.807) is 12.5 Å². The summed E-state index contributed by atoms with van der Waals surface area (Å²) in [5.74, 6) is 1.69. The average molecular weight is 323 g/mol. The molecule has 0 bridgehead atoms. The molecular formula is C19H21N3O2. The van der Waals surface area contributed by atoms with Gasteiger partial charge in [0.05, 0.1) is 12.2 Å². The topological polar surface area (TPSA) is 60.1 Å². The van der Waals surface area contributed by atoms with Crippen LogP contribution >= 0.6 is 0 Å². The van der Waals surface area contributed by atoms with Crippen molar-refractivity contribution in [1.82, 2.24) is 14.9 Å². The van der Waals surface area contributed by atoms with E-state index in [4.69, 9.17) is 4.42 Å². The van der Waals surface area contributed by atoms with Crippen LogP contribution in [0.3, 0.4) is 0 Å². The minimum absolute atomic E-state index is 0.0121. The predicted octanol–water partition coefficient (Wildman–Crippen LogP) is 3.12. The molecule has 1 N–H and O–H groups in total. The molecule has 24 heavy (non-hydrogen) atoms. The van der Waals surface area contributed by atoms with Gasteiger partial charge in [-0.25, -0.2) is 4.98 Å². The van der Waals surface area contributed by atoms with E-state index in [0.29, 0.717) is 19.5 Å². The van der Waals surface area contributed by atoms with Gasteiger partial charge in [0, 0.05) is 31.9 Å². The molecule has 1 atom stereocenters. The van der Waals surface area contributed by atoms with Crippen LogP contribution in [0.2, 0.25) is 0 Å². The van der Waals surface area contributed by atoms with Crippen LogP contribution in [0, 0.1) is 6.92 Å². The number of amides is 1. The van der Waals surface area contributed by atoms with Gasteiger partial charge in [0.2, 0.25) is 5.91 Å². The lowest BCUT2D eigenvalue weighted by Gasteiger charge is -2.15. The molecule has 5 heteroatoms. The second-order valence-corrected chi connectivity index (χ2v) is 5.70. The zero-order chi connectivity index (χ0) is 16.8.